The van der Waals surface area contributed by atoms with Crippen molar-refractivity contribution in [3.63, 3.8) is 0 Å². The third-order valence-corrected chi connectivity index (χ3v) is 1.75. The minimum Gasteiger partial charge on any atom is -0.205 e. The Hall–Kier alpha value is -1.33. The quantitative estimate of drug-likeness (QED) is 0.710. The monoisotopic (exact) mass is 195 g/mol. The molecule has 0 fully saturated rings. The van der Waals surface area contributed by atoms with Gasteiger partial charge in [-0.25, -0.2) is 4.39 Å². The Balaban J connectivity index is 2.81. The molecule has 0 radical (unpaired) electrons. The van der Waals surface area contributed by atoms with Crippen LogP contribution in [0.4, 0.5) is 4.39 Å². The summed E-state index contributed by atoms with van der Waals surface area (Å²) in [5.74, 6) is -0.431. The molecule has 0 N–H and O–H groups in total. The van der Waals surface area contributed by atoms with Gasteiger partial charge < -0.3 is 0 Å². The number of nitrogens with zero attached hydrogens (tertiary/aromatic N) is 1. The van der Waals surface area contributed by atoms with Crippen LogP contribution in [0.25, 0.3) is 6.08 Å². The van der Waals surface area contributed by atoms with E-state index < -0.39 is 5.82 Å². The number of hydrogen-bond donors (Lipinski definition) is 0. The second-order valence-electron chi connectivity index (χ2n) is 2.44. The first-order valence-corrected chi connectivity index (χ1v) is 4.10. The van der Waals surface area contributed by atoms with E-state index in [1.54, 1.807) is 18.2 Å². The average Bonchev–Trinajstić information content (AvgIpc) is 2.12. The summed E-state index contributed by atoms with van der Waals surface area (Å²) in [6.07, 6.45) is 3.77. The van der Waals surface area contributed by atoms with E-state index in [0.29, 0.717) is 6.42 Å². The first-order chi connectivity index (χ1) is 6.24. The van der Waals surface area contributed by atoms with Gasteiger partial charge in [-0.05, 0) is 17.7 Å². The maximum Gasteiger partial charge on any atom is 0.141 e. The summed E-state index contributed by atoms with van der Waals surface area (Å²) in [7, 11) is 0. The minimum absolute atomic E-state index is 0.0964. The molecule has 13 heavy (non-hydrogen) atoms. The second-order valence-corrected chi connectivity index (χ2v) is 2.85. The van der Waals surface area contributed by atoms with Crippen molar-refractivity contribution in [3.05, 3.63) is 40.7 Å². The van der Waals surface area contributed by atoms with Gasteiger partial charge in [0.1, 0.15) is 5.82 Å². The van der Waals surface area contributed by atoms with E-state index >= 15 is 0 Å². The van der Waals surface area contributed by atoms with E-state index in [2.05, 4.69) is 0 Å². The van der Waals surface area contributed by atoms with Crippen molar-refractivity contribution in [1.29, 1.82) is 5.26 Å². The van der Waals surface area contributed by atoms with E-state index in [4.69, 9.17) is 16.9 Å². The van der Waals surface area contributed by atoms with Crippen molar-refractivity contribution in [2.24, 2.45) is 0 Å². The van der Waals surface area contributed by atoms with Crippen LogP contribution in [0.15, 0.2) is 24.3 Å². The first-order valence-electron chi connectivity index (χ1n) is 3.72. The molecule has 0 amide bonds. The highest BCUT2D eigenvalue weighted by Gasteiger charge is 1.97. The highest BCUT2D eigenvalue weighted by Crippen LogP contribution is 2.16. The number of nitriles is 1. The zero-order chi connectivity index (χ0) is 9.68. The predicted molar refractivity (Wildman–Crippen MR) is 50.7 cm³/mol. The van der Waals surface area contributed by atoms with Crippen molar-refractivity contribution in [2.75, 3.05) is 0 Å². The van der Waals surface area contributed by atoms with Crippen LogP contribution in [0.1, 0.15) is 12.0 Å². The molecule has 1 rings (SSSR count). The predicted octanol–water partition coefficient (Wildman–Crippen LogP) is 3.41. The van der Waals surface area contributed by atoms with Crippen LogP contribution in [0.2, 0.25) is 5.02 Å². The van der Waals surface area contributed by atoms with Crippen LogP contribution in [0.5, 0.6) is 0 Å². The largest absolute Gasteiger partial charge is 0.205 e. The van der Waals surface area contributed by atoms with Crippen LogP contribution in [0.3, 0.4) is 0 Å². The molecule has 0 unspecified atom stereocenters. The molecular weight excluding hydrogens is 189 g/mol. The third kappa shape index (κ3) is 2.89. The molecule has 0 aromatic heterocycles. The first kappa shape index (κ1) is 9.76. The molecule has 0 aliphatic carbocycles. The van der Waals surface area contributed by atoms with E-state index in [1.807, 2.05) is 6.07 Å². The Morgan fingerprint density at radius 3 is 2.92 bits per heavy atom. The van der Waals surface area contributed by atoms with Gasteiger partial charge in [-0.1, -0.05) is 29.8 Å². The second kappa shape index (κ2) is 4.64. The third-order valence-electron chi connectivity index (χ3n) is 1.46. The van der Waals surface area contributed by atoms with E-state index in [9.17, 15) is 4.39 Å². The highest BCUT2D eigenvalue weighted by atomic mass is 35.5. The summed E-state index contributed by atoms with van der Waals surface area (Å²) < 4.78 is 12.7. The lowest BCUT2D eigenvalue weighted by Crippen LogP contribution is -1.77. The van der Waals surface area contributed by atoms with Gasteiger partial charge in [0, 0.05) is 0 Å². The van der Waals surface area contributed by atoms with Crippen LogP contribution < -0.4 is 0 Å². The van der Waals surface area contributed by atoms with E-state index in [0.717, 1.165) is 5.56 Å². The molecule has 0 atom stereocenters. The van der Waals surface area contributed by atoms with Gasteiger partial charge in [-0.3, -0.25) is 0 Å². The van der Waals surface area contributed by atoms with Crippen LogP contribution in [-0.4, -0.2) is 0 Å². The van der Waals surface area contributed by atoms with E-state index in [1.165, 1.54) is 12.1 Å². The topological polar surface area (TPSA) is 23.8 Å². The molecule has 3 heteroatoms. The molecule has 0 bridgehead atoms. The molecule has 0 aliphatic rings. The van der Waals surface area contributed by atoms with Gasteiger partial charge in [0.15, 0.2) is 0 Å². The fourth-order valence-electron chi connectivity index (χ4n) is 0.864. The summed E-state index contributed by atoms with van der Waals surface area (Å²) in [5, 5.41) is 8.35. The molecule has 0 spiro atoms. The Morgan fingerprint density at radius 2 is 2.31 bits per heavy atom. The zero-order valence-corrected chi connectivity index (χ0v) is 7.55. The van der Waals surface area contributed by atoms with Gasteiger partial charge in [0.05, 0.1) is 17.5 Å². The van der Waals surface area contributed by atoms with Crippen molar-refractivity contribution >= 4 is 17.7 Å². The average molecular weight is 196 g/mol. The lowest BCUT2D eigenvalue weighted by molar-refractivity contribution is 0.628. The summed E-state index contributed by atoms with van der Waals surface area (Å²) in [6, 6.07) is 6.39. The molecule has 0 saturated carbocycles. The maximum atomic E-state index is 12.7. The molecule has 0 heterocycles. The smallest absolute Gasteiger partial charge is 0.141 e. The van der Waals surface area contributed by atoms with Crippen LogP contribution in [-0.2, 0) is 0 Å². The number of rotatable bonds is 2. The zero-order valence-electron chi connectivity index (χ0n) is 6.80. The molecule has 0 saturated heterocycles. The van der Waals surface area contributed by atoms with Gasteiger partial charge in [-0.15, -0.1) is 0 Å². The number of halogens is 2. The van der Waals surface area contributed by atoms with Crippen molar-refractivity contribution < 1.29 is 4.39 Å². The summed E-state index contributed by atoms with van der Waals surface area (Å²) in [6.45, 7) is 0. The van der Waals surface area contributed by atoms with Crippen molar-refractivity contribution in [1.82, 2.24) is 0 Å². The molecule has 1 nitrogen and oxygen atoms in total. The number of benzene rings is 1. The molecule has 1 aromatic rings. The lowest BCUT2D eigenvalue weighted by Gasteiger charge is -1.95. The highest BCUT2D eigenvalue weighted by molar-refractivity contribution is 6.30. The van der Waals surface area contributed by atoms with Gasteiger partial charge in [0.25, 0.3) is 0 Å². The lowest BCUT2D eigenvalue weighted by atomic mass is 10.2. The van der Waals surface area contributed by atoms with Gasteiger partial charge in [0.2, 0.25) is 0 Å². The maximum absolute atomic E-state index is 12.7. The standard InChI is InChI=1S/C10H7ClFN/c11-9-7-8(3-1-2-6-13)4-5-10(9)12/h1,3-5,7H,2H2. The Bertz CT molecular complexity index is 366. The molecule has 0 aliphatic heterocycles. The number of hydrogen-bond acceptors (Lipinski definition) is 1. The normalized spacial score (nSPS) is 10.2. The molecule has 66 valence electrons. The Morgan fingerprint density at radius 1 is 1.54 bits per heavy atom. The SMILES string of the molecule is N#CCC=Cc1ccc(F)c(Cl)c1. The Labute approximate surface area is 81.1 Å². The van der Waals surface area contributed by atoms with E-state index in [-0.39, 0.29) is 5.02 Å². The fourth-order valence-corrected chi connectivity index (χ4v) is 1.05. The van der Waals surface area contributed by atoms with Crippen LogP contribution >= 0.6 is 11.6 Å². The molecular formula is C10H7ClFN. The number of allylic oxidation sites excluding steroid dienone is 1. The Kier molecular flexibility index (Phi) is 3.48. The molecule has 1 aromatic carbocycles. The summed E-state index contributed by atoms with van der Waals surface area (Å²) in [4.78, 5) is 0. The van der Waals surface area contributed by atoms with Gasteiger partial charge >= 0.3 is 0 Å². The summed E-state index contributed by atoms with van der Waals surface area (Å²) in [5.41, 5.74) is 0.793. The minimum atomic E-state index is -0.431. The van der Waals surface area contributed by atoms with Crippen LogP contribution in [0, 0.1) is 17.1 Å². The van der Waals surface area contributed by atoms with Crippen molar-refractivity contribution in [2.45, 2.75) is 6.42 Å². The summed E-state index contributed by atoms with van der Waals surface area (Å²) >= 11 is 5.55. The van der Waals surface area contributed by atoms with Gasteiger partial charge in [-0.2, -0.15) is 5.26 Å². The fraction of sp³-hybridized carbons (Fsp3) is 0.100. The van der Waals surface area contributed by atoms with Crippen molar-refractivity contribution in [3.8, 4) is 6.07 Å².